The first kappa shape index (κ1) is 9.25. The summed E-state index contributed by atoms with van der Waals surface area (Å²) in [6, 6.07) is 7.93. The molecule has 1 aliphatic carbocycles. The van der Waals surface area contributed by atoms with Gasteiger partial charge in [-0.05, 0) is 30.4 Å². The van der Waals surface area contributed by atoms with Crippen LogP contribution in [0.1, 0.15) is 36.3 Å². The van der Waals surface area contributed by atoms with Crippen molar-refractivity contribution in [1.82, 2.24) is 0 Å². The number of rotatable bonds is 1. The Bertz CT molecular complexity index is 344. The molecule has 1 atom stereocenters. The largest absolute Gasteiger partial charge is 0.481 e. The molecule has 0 aliphatic heterocycles. The van der Waals surface area contributed by atoms with Gasteiger partial charge in [0.15, 0.2) is 0 Å². The lowest BCUT2D eigenvalue weighted by Gasteiger charge is -2.12. The number of fused-ring (bicyclic) bond motifs is 1. The Balaban J connectivity index is 2.42. The molecular weight excluding hydrogens is 176 g/mol. The third-order valence-corrected chi connectivity index (χ3v) is 2.92. The SMILES string of the molecule is O=C(O)[C@H]1CCCCc2ccccc21. The Kier molecular flexibility index (Phi) is 2.53. The van der Waals surface area contributed by atoms with Gasteiger partial charge < -0.3 is 5.11 Å². The second-order valence-corrected chi connectivity index (χ2v) is 3.84. The van der Waals surface area contributed by atoms with Crippen LogP contribution in [0.15, 0.2) is 24.3 Å². The smallest absolute Gasteiger partial charge is 0.310 e. The zero-order valence-electron chi connectivity index (χ0n) is 8.07. The molecule has 0 saturated heterocycles. The summed E-state index contributed by atoms with van der Waals surface area (Å²) in [5, 5.41) is 9.11. The first-order chi connectivity index (χ1) is 6.79. The van der Waals surface area contributed by atoms with E-state index in [1.54, 1.807) is 0 Å². The van der Waals surface area contributed by atoms with Crippen LogP contribution in [0.2, 0.25) is 0 Å². The summed E-state index contributed by atoms with van der Waals surface area (Å²) < 4.78 is 0. The van der Waals surface area contributed by atoms with Crippen molar-refractivity contribution in [3.63, 3.8) is 0 Å². The Morgan fingerprint density at radius 2 is 2.07 bits per heavy atom. The highest BCUT2D eigenvalue weighted by atomic mass is 16.4. The van der Waals surface area contributed by atoms with Gasteiger partial charge in [-0.1, -0.05) is 30.7 Å². The summed E-state index contributed by atoms with van der Waals surface area (Å²) in [6.07, 6.45) is 3.94. The van der Waals surface area contributed by atoms with E-state index in [0.717, 1.165) is 31.2 Å². The zero-order valence-corrected chi connectivity index (χ0v) is 8.07. The van der Waals surface area contributed by atoms with Crippen molar-refractivity contribution in [1.29, 1.82) is 0 Å². The minimum absolute atomic E-state index is 0.284. The molecule has 1 aromatic rings. The van der Waals surface area contributed by atoms with Crippen LogP contribution >= 0.6 is 0 Å². The lowest BCUT2D eigenvalue weighted by atomic mass is 9.93. The van der Waals surface area contributed by atoms with Gasteiger partial charge >= 0.3 is 5.97 Å². The molecule has 2 heteroatoms. The van der Waals surface area contributed by atoms with Crippen molar-refractivity contribution >= 4 is 5.97 Å². The van der Waals surface area contributed by atoms with E-state index >= 15 is 0 Å². The number of carboxylic acid groups (broad SMARTS) is 1. The molecule has 0 heterocycles. The molecule has 2 nitrogen and oxygen atoms in total. The molecule has 14 heavy (non-hydrogen) atoms. The van der Waals surface area contributed by atoms with Crippen molar-refractivity contribution in [3.8, 4) is 0 Å². The van der Waals surface area contributed by atoms with Gasteiger partial charge in [-0.3, -0.25) is 4.79 Å². The first-order valence-electron chi connectivity index (χ1n) is 5.09. The Morgan fingerprint density at radius 3 is 2.86 bits per heavy atom. The number of hydrogen-bond donors (Lipinski definition) is 1. The number of benzene rings is 1. The van der Waals surface area contributed by atoms with Crippen LogP contribution in [0.25, 0.3) is 0 Å². The molecule has 0 radical (unpaired) electrons. The maximum atomic E-state index is 11.1. The number of carboxylic acids is 1. The Morgan fingerprint density at radius 1 is 1.29 bits per heavy atom. The second kappa shape index (κ2) is 3.82. The molecular formula is C12H14O2. The Hall–Kier alpha value is -1.31. The van der Waals surface area contributed by atoms with E-state index in [-0.39, 0.29) is 5.92 Å². The summed E-state index contributed by atoms with van der Waals surface area (Å²) in [6.45, 7) is 0. The number of hydrogen-bond acceptors (Lipinski definition) is 1. The molecule has 1 aliphatic rings. The monoisotopic (exact) mass is 190 g/mol. The number of aliphatic carboxylic acids is 1. The predicted octanol–water partition coefficient (Wildman–Crippen LogP) is 2.58. The maximum Gasteiger partial charge on any atom is 0.310 e. The van der Waals surface area contributed by atoms with Crippen molar-refractivity contribution < 1.29 is 9.90 Å². The van der Waals surface area contributed by atoms with Crippen LogP contribution < -0.4 is 0 Å². The van der Waals surface area contributed by atoms with Crippen molar-refractivity contribution in [2.45, 2.75) is 31.6 Å². The highest BCUT2D eigenvalue weighted by Crippen LogP contribution is 2.30. The van der Waals surface area contributed by atoms with Crippen LogP contribution in [-0.2, 0) is 11.2 Å². The fraction of sp³-hybridized carbons (Fsp3) is 0.417. The normalized spacial score (nSPS) is 21.0. The van der Waals surface area contributed by atoms with Crippen molar-refractivity contribution in [3.05, 3.63) is 35.4 Å². The fourth-order valence-electron chi connectivity index (χ4n) is 2.18. The van der Waals surface area contributed by atoms with Crippen molar-refractivity contribution in [2.75, 3.05) is 0 Å². The molecule has 1 aromatic carbocycles. The number of carbonyl (C=O) groups is 1. The van der Waals surface area contributed by atoms with Gasteiger partial charge in [0, 0.05) is 0 Å². The van der Waals surface area contributed by atoms with Gasteiger partial charge in [-0.15, -0.1) is 0 Å². The summed E-state index contributed by atoms with van der Waals surface area (Å²) in [5.74, 6) is -0.965. The molecule has 0 fully saturated rings. The van der Waals surface area contributed by atoms with Gasteiger partial charge in [0.2, 0.25) is 0 Å². The zero-order chi connectivity index (χ0) is 9.97. The van der Waals surface area contributed by atoms with E-state index < -0.39 is 5.97 Å². The lowest BCUT2D eigenvalue weighted by Crippen LogP contribution is -2.11. The maximum absolute atomic E-state index is 11.1. The average Bonchev–Trinajstić information content (AvgIpc) is 2.39. The van der Waals surface area contributed by atoms with E-state index in [4.69, 9.17) is 5.11 Å². The van der Waals surface area contributed by atoms with Gasteiger partial charge in [0.05, 0.1) is 5.92 Å². The van der Waals surface area contributed by atoms with Crippen LogP contribution in [0.4, 0.5) is 0 Å². The van der Waals surface area contributed by atoms with Crippen LogP contribution in [-0.4, -0.2) is 11.1 Å². The Labute approximate surface area is 83.6 Å². The van der Waals surface area contributed by atoms with E-state index in [2.05, 4.69) is 6.07 Å². The topological polar surface area (TPSA) is 37.3 Å². The van der Waals surface area contributed by atoms with Crippen LogP contribution in [0, 0.1) is 0 Å². The number of aryl methyl sites for hydroxylation is 1. The molecule has 0 unspecified atom stereocenters. The minimum Gasteiger partial charge on any atom is -0.481 e. The molecule has 74 valence electrons. The van der Waals surface area contributed by atoms with E-state index in [0.29, 0.717) is 0 Å². The highest BCUT2D eigenvalue weighted by molar-refractivity contribution is 5.76. The summed E-state index contributed by atoms with van der Waals surface area (Å²) in [4.78, 5) is 11.1. The average molecular weight is 190 g/mol. The molecule has 0 spiro atoms. The summed E-state index contributed by atoms with van der Waals surface area (Å²) in [7, 11) is 0. The first-order valence-corrected chi connectivity index (χ1v) is 5.09. The minimum atomic E-state index is -0.681. The van der Waals surface area contributed by atoms with Crippen LogP contribution in [0.3, 0.4) is 0 Å². The predicted molar refractivity (Wildman–Crippen MR) is 54.4 cm³/mol. The lowest BCUT2D eigenvalue weighted by molar-refractivity contribution is -0.139. The molecule has 0 amide bonds. The molecule has 1 N–H and O–H groups in total. The van der Waals surface area contributed by atoms with Gasteiger partial charge in [0.25, 0.3) is 0 Å². The highest BCUT2D eigenvalue weighted by Gasteiger charge is 2.23. The third-order valence-electron chi connectivity index (χ3n) is 2.92. The third kappa shape index (κ3) is 1.65. The van der Waals surface area contributed by atoms with Gasteiger partial charge in [-0.2, -0.15) is 0 Å². The molecule has 0 saturated carbocycles. The second-order valence-electron chi connectivity index (χ2n) is 3.84. The standard InChI is InChI=1S/C12H14O2/c13-12(14)11-8-4-2-6-9-5-1-3-7-10(9)11/h1,3,5,7,11H,2,4,6,8H2,(H,13,14)/t11-/m0/s1. The van der Waals surface area contributed by atoms with E-state index in [1.165, 1.54) is 5.56 Å². The van der Waals surface area contributed by atoms with Crippen LogP contribution in [0.5, 0.6) is 0 Å². The van der Waals surface area contributed by atoms with Gasteiger partial charge in [0.1, 0.15) is 0 Å². The van der Waals surface area contributed by atoms with E-state index in [1.807, 2.05) is 18.2 Å². The molecule has 2 rings (SSSR count). The molecule has 0 aromatic heterocycles. The van der Waals surface area contributed by atoms with Crippen molar-refractivity contribution in [2.24, 2.45) is 0 Å². The van der Waals surface area contributed by atoms with E-state index in [9.17, 15) is 4.79 Å². The quantitative estimate of drug-likeness (QED) is 0.691. The fourth-order valence-corrected chi connectivity index (χ4v) is 2.18. The summed E-state index contributed by atoms with van der Waals surface area (Å²) >= 11 is 0. The van der Waals surface area contributed by atoms with Gasteiger partial charge in [-0.25, -0.2) is 0 Å². The molecule has 0 bridgehead atoms. The summed E-state index contributed by atoms with van der Waals surface area (Å²) in [5.41, 5.74) is 2.25.